The minimum Gasteiger partial charge on any atom is -0.381 e. The van der Waals surface area contributed by atoms with Gasteiger partial charge in [0, 0.05) is 18.4 Å². The summed E-state index contributed by atoms with van der Waals surface area (Å²) in [5.41, 5.74) is 1.31. The van der Waals surface area contributed by atoms with E-state index >= 15 is 0 Å². The van der Waals surface area contributed by atoms with Gasteiger partial charge >= 0.3 is 0 Å². The molecule has 5 aliphatic rings. The van der Waals surface area contributed by atoms with Crippen LogP contribution in [0.1, 0.15) is 72.1 Å². The number of methoxy groups -OCH3 is 1. The number of carbonyl (C=O) groups is 1. The number of hydrogen-bond acceptors (Lipinski definition) is 2. The second kappa shape index (κ2) is 4.67. The quantitative estimate of drug-likeness (QED) is 0.723. The predicted molar refractivity (Wildman–Crippen MR) is 94.5 cm³/mol. The van der Waals surface area contributed by atoms with E-state index in [1.807, 2.05) is 14.0 Å². The van der Waals surface area contributed by atoms with E-state index in [-0.39, 0.29) is 5.41 Å². The molecule has 24 heavy (non-hydrogen) atoms. The highest BCUT2D eigenvalue weighted by atomic mass is 16.5. The third-order valence-corrected chi connectivity index (χ3v) is 10.3. The van der Waals surface area contributed by atoms with Crippen LogP contribution < -0.4 is 0 Å². The normalized spacial score (nSPS) is 60.8. The summed E-state index contributed by atoms with van der Waals surface area (Å²) in [6.45, 7) is 6.92. The molecule has 2 nitrogen and oxygen atoms in total. The minimum absolute atomic E-state index is 0.272. The van der Waals surface area contributed by atoms with Crippen molar-refractivity contribution in [1.29, 1.82) is 0 Å². The van der Waals surface area contributed by atoms with Crippen LogP contribution in [0.2, 0.25) is 0 Å². The van der Waals surface area contributed by atoms with Gasteiger partial charge in [0.2, 0.25) is 0 Å². The summed E-state index contributed by atoms with van der Waals surface area (Å²) in [6, 6.07) is 0. The van der Waals surface area contributed by atoms with Crippen molar-refractivity contribution in [3.8, 4) is 0 Å². The fraction of sp³-hybridized carbons (Fsp3) is 0.955. The molecule has 5 fully saturated rings. The number of ketones is 1. The average Bonchev–Trinajstić information content (AvgIpc) is 3.04. The molecule has 0 radical (unpaired) electrons. The van der Waals surface area contributed by atoms with Crippen molar-refractivity contribution in [1.82, 2.24) is 0 Å². The van der Waals surface area contributed by atoms with Crippen LogP contribution in [-0.4, -0.2) is 19.0 Å². The van der Waals surface area contributed by atoms with E-state index in [1.54, 1.807) is 0 Å². The third kappa shape index (κ3) is 1.57. The molecule has 0 aromatic rings. The number of rotatable bonds is 2. The molecule has 134 valence electrons. The first kappa shape index (κ1) is 15.9. The van der Waals surface area contributed by atoms with Gasteiger partial charge < -0.3 is 4.74 Å². The minimum atomic E-state index is 0.272. The zero-order chi connectivity index (χ0) is 16.9. The van der Waals surface area contributed by atoms with E-state index in [4.69, 9.17) is 4.74 Å². The van der Waals surface area contributed by atoms with Crippen LogP contribution in [0.4, 0.5) is 0 Å². The van der Waals surface area contributed by atoms with Crippen LogP contribution in [0.5, 0.6) is 0 Å². The lowest BCUT2D eigenvalue weighted by Gasteiger charge is -2.60. The number of hydrogen-bond donors (Lipinski definition) is 0. The fourth-order valence-corrected chi connectivity index (χ4v) is 9.25. The molecule has 0 aliphatic heterocycles. The third-order valence-electron chi connectivity index (χ3n) is 10.3. The van der Waals surface area contributed by atoms with Crippen LogP contribution in [-0.2, 0) is 9.53 Å². The van der Waals surface area contributed by atoms with E-state index in [0.29, 0.717) is 28.6 Å². The maximum Gasteiger partial charge on any atom is 0.133 e. The molecule has 5 rings (SSSR count). The predicted octanol–water partition coefficient (Wildman–Crippen LogP) is 4.86. The Hall–Kier alpha value is -0.370. The van der Waals surface area contributed by atoms with Crippen molar-refractivity contribution in [3.05, 3.63) is 0 Å². The van der Waals surface area contributed by atoms with Gasteiger partial charge in [-0.1, -0.05) is 13.8 Å². The molecule has 1 spiro atoms. The lowest BCUT2D eigenvalue weighted by atomic mass is 9.45. The van der Waals surface area contributed by atoms with Gasteiger partial charge in [-0.15, -0.1) is 0 Å². The Balaban J connectivity index is 1.53. The van der Waals surface area contributed by atoms with Crippen LogP contribution >= 0.6 is 0 Å². The van der Waals surface area contributed by atoms with Crippen LogP contribution in [0.3, 0.4) is 0 Å². The van der Waals surface area contributed by atoms with Gasteiger partial charge in [0.15, 0.2) is 0 Å². The zero-order valence-electron chi connectivity index (χ0n) is 15.9. The summed E-state index contributed by atoms with van der Waals surface area (Å²) < 4.78 is 6.15. The Bertz CT molecular complexity index is 585. The number of carbonyl (C=O) groups excluding carboxylic acids is 1. The molecule has 0 unspecified atom stereocenters. The average molecular weight is 331 g/mol. The molecule has 0 heterocycles. The molecule has 0 amide bonds. The molecule has 5 saturated carbocycles. The van der Waals surface area contributed by atoms with Gasteiger partial charge in [-0.05, 0) is 92.8 Å². The standard InChI is InChI=1S/C22H34O2/c1-13(23)16-5-6-17-15-11-19(24-4)22-12-14(22)7-10-21(22,3)18(15)8-9-20(16,17)2/h14-19H,5-12H2,1-4H3/t14-,15-,16-,17+,18+,19-,20+,21+,22+/m1/s1. The molecular weight excluding hydrogens is 296 g/mol. The second-order valence-electron chi connectivity index (χ2n) is 10.5. The van der Waals surface area contributed by atoms with Crippen molar-refractivity contribution in [3.63, 3.8) is 0 Å². The first-order valence-corrected chi connectivity index (χ1v) is 10.4. The van der Waals surface area contributed by atoms with Gasteiger partial charge in [0.05, 0.1) is 6.10 Å². The summed E-state index contributed by atoms with van der Waals surface area (Å²) in [4.78, 5) is 12.3. The molecule has 2 heteroatoms. The van der Waals surface area contributed by atoms with E-state index in [0.717, 1.165) is 30.1 Å². The van der Waals surface area contributed by atoms with Gasteiger partial charge in [0.25, 0.3) is 0 Å². The van der Waals surface area contributed by atoms with Crippen molar-refractivity contribution in [2.24, 2.45) is 45.8 Å². The van der Waals surface area contributed by atoms with Crippen molar-refractivity contribution >= 4 is 5.78 Å². The first-order valence-electron chi connectivity index (χ1n) is 10.4. The van der Waals surface area contributed by atoms with E-state index in [2.05, 4.69) is 13.8 Å². The fourth-order valence-electron chi connectivity index (χ4n) is 9.25. The molecule has 0 aromatic heterocycles. The Morgan fingerprint density at radius 2 is 1.83 bits per heavy atom. The van der Waals surface area contributed by atoms with Crippen LogP contribution in [0, 0.1) is 45.8 Å². The van der Waals surface area contributed by atoms with E-state index in [9.17, 15) is 4.79 Å². The zero-order valence-corrected chi connectivity index (χ0v) is 15.9. The highest BCUT2D eigenvalue weighted by molar-refractivity contribution is 5.79. The van der Waals surface area contributed by atoms with E-state index in [1.165, 1.54) is 44.9 Å². The van der Waals surface area contributed by atoms with Crippen molar-refractivity contribution in [2.75, 3.05) is 7.11 Å². The number of ether oxygens (including phenoxy) is 1. The Labute approximate surface area is 147 Å². The smallest absolute Gasteiger partial charge is 0.133 e. The highest BCUT2D eigenvalue weighted by Crippen LogP contribution is 2.82. The van der Waals surface area contributed by atoms with Gasteiger partial charge in [-0.3, -0.25) is 4.79 Å². The lowest BCUT2D eigenvalue weighted by molar-refractivity contribution is -0.161. The molecule has 0 aromatic carbocycles. The molecular formula is C22H34O2. The van der Waals surface area contributed by atoms with Gasteiger partial charge in [0.1, 0.15) is 5.78 Å². The topological polar surface area (TPSA) is 26.3 Å². The SMILES string of the molecule is CO[C@@H]1C[C@@H]2[C@@H]3CC[C@H](C(C)=O)[C@]3(C)CC[C@@H]2[C@]2(C)CC[C@@H]3C[C@]312. The lowest BCUT2D eigenvalue weighted by Crippen LogP contribution is -2.57. The maximum atomic E-state index is 12.3. The Kier molecular flexibility index (Phi) is 3.08. The Morgan fingerprint density at radius 1 is 1.04 bits per heavy atom. The molecule has 0 saturated heterocycles. The van der Waals surface area contributed by atoms with Gasteiger partial charge in [-0.2, -0.15) is 0 Å². The first-order chi connectivity index (χ1) is 11.4. The number of fused-ring (bicyclic) bond motifs is 4. The molecule has 0 bridgehead atoms. The van der Waals surface area contributed by atoms with Crippen molar-refractivity contribution in [2.45, 2.75) is 78.2 Å². The summed E-state index contributed by atoms with van der Waals surface area (Å²) in [5, 5.41) is 0. The summed E-state index contributed by atoms with van der Waals surface area (Å²) in [7, 11) is 1.96. The van der Waals surface area contributed by atoms with Crippen molar-refractivity contribution < 1.29 is 9.53 Å². The van der Waals surface area contributed by atoms with Crippen LogP contribution in [0.15, 0.2) is 0 Å². The van der Waals surface area contributed by atoms with Gasteiger partial charge in [-0.25, -0.2) is 0 Å². The van der Waals surface area contributed by atoms with E-state index < -0.39 is 0 Å². The number of Topliss-reactive ketones (excluding diaryl/α,β-unsaturated/α-hetero) is 1. The Morgan fingerprint density at radius 3 is 2.50 bits per heavy atom. The van der Waals surface area contributed by atoms with Crippen LogP contribution in [0.25, 0.3) is 0 Å². The summed E-state index contributed by atoms with van der Waals surface area (Å²) >= 11 is 0. The molecule has 0 N–H and O–H groups in total. The largest absolute Gasteiger partial charge is 0.381 e. The highest BCUT2D eigenvalue weighted by Gasteiger charge is 2.77. The molecule has 9 atom stereocenters. The monoisotopic (exact) mass is 330 g/mol. The molecule has 5 aliphatic carbocycles. The summed E-state index contributed by atoms with van der Waals surface area (Å²) in [6.07, 6.45) is 11.1. The second-order valence-corrected chi connectivity index (χ2v) is 10.5. The summed E-state index contributed by atoms with van der Waals surface area (Å²) in [5.74, 6) is 4.17. The maximum absolute atomic E-state index is 12.3.